The number of halogens is 1. The maximum atomic E-state index is 14.1. The molecule has 0 radical (unpaired) electrons. The molecule has 1 aliphatic rings. The third kappa shape index (κ3) is 3.72. The predicted octanol–water partition coefficient (Wildman–Crippen LogP) is 2.89. The molecule has 0 aromatic carbocycles. The Bertz CT molecular complexity index is 563. The summed E-state index contributed by atoms with van der Waals surface area (Å²) in [5.41, 5.74) is -0.842. The second-order valence-corrected chi connectivity index (χ2v) is 6.62. The standard InChI is InChI=1S/C16H23BFNO4/c1-6-21-13(20)10-12(11-8-7-9-19-14(11)18)17-22-15(2,3)16(4,5)23-17/h7-9,12H,6,10H2,1-5H3. The van der Waals surface area contributed by atoms with Crippen LogP contribution in [0, 0.1) is 5.95 Å². The lowest BCUT2D eigenvalue weighted by atomic mass is 9.66. The van der Waals surface area contributed by atoms with Crippen LogP contribution in [0.3, 0.4) is 0 Å². The highest BCUT2D eigenvalue weighted by molar-refractivity contribution is 6.48. The molecule has 0 bridgehead atoms. The third-order valence-corrected chi connectivity index (χ3v) is 4.48. The van der Waals surface area contributed by atoms with Gasteiger partial charge in [-0.15, -0.1) is 0 Å². The molecule has 7 heteroatoms. The van der Waals surface area contributed by atoms with Crippen LogP contribution in [-0.4, -0.2) is 35.9 Å². The molecular formula is C16H23BFNO4. The summed E-state index contributed by atoms with van der Waals surface area (Å²) >= 11 is 0. The van der Waals surface area contributed by atoms with Gasteiger partial charge in [-0.05, 0) is 40.7 Å². The maximum Gasteiger partial charge on any atom is 0.466 e. The molecule has 1 aromatic heterocycles. The van der Waals surface area contributed by atoms with Gasteiger partial charge in [0, 0.05) is 17.6 Å². The zero-order valence-corrected chi connectivity index (χ0v) is 14.3. The van der Waals surface area contributed by atoms with Gasteiger partial charge in [-0.3, -0.25) is 4.79 Å². The predicted molar refractivity (Wildman–Crippen MR) is 84.3 cm³/mol. The van der Waals surface area contributed by atoms with Gasteiger partial charge in [0.1, 0.15) is 0 Å². The van der Waals surface area contributed by atoms with Crippen molar-refractivity contribution in [1.29, 1.82) is 0 Å². The normalized spacial score (nSPS) is 20.3. The van der Waals surface area contributed by atoms with Crippen LogP contribution >= 0.6 is 0 Å². The van der Waals surface area contributed by atoms with E-state index in [-0.39, 0.29) is 13.0 Å². The summed E-state index contributed by atoms with van der Waals surface area (Å²) in [6, 6.07) is 3.22. The zero-order valence-electron chi connectivity index (χ0n) is 14.3. The molecule has 1 saturated heterocycles. The molecule has 0 aliphatic carbocycles. The second kappa shape index (κ2) is 6.57. The fourth-order valence-corrected chi connectivity index (χ4v) is 2.48. The van der Waals surface area contributed by atoms with Crippen LogP contribution in [0.25, 0.3) is 0 Å². The first-order chi connectivity index (χ1) is 10.7. The lowest BCUT2D eigenvalue weighted by molar-refractivity contribution is -0.143. The molecule has 0 amide bonds. The SMILES string of the molecule is CCOC(=O)CC(B1OC(C)(C)C(C)(C)O1)c1cccnc1F. The minimum atomic E-state index is -0.747. The summed E-state index contributed by atoms with van der Waals surface area (Å²) in [6.07, 6.45) is 1.33. The first kappa shape index (κ1) is 17.9. The third-order valence-electron chi connectivity index (χ3n) is 4.48. The van der Waals surface area contributed by atoms with Crippen molar-refractivity contribution in [2.75, 3.05) is 6.61 Å². The highest BCUT2D eigenvalue weighted by Gasteiger charge is 2.54. The lowest BCUT2D eigenvalue weighted by Gasteiger charge is -2.32. The number of esters is 1. The van der Waals surface area contributed by atoms with E-state index in [4.69, 9.17) is 14.0 Å². The molecule has 2 rings (SSSR count). The van der Waals surface area contributed by atoms with E-state index in [0.29, 0.717) is 5.56 Å². The van der Waals surface area contributed by atoms with Crippen LogP contribution in [0.1, 0.15) is 52.4 Å². The minimum absolute atomic E-state index is 0.0344. The molecule has 126 valence electrons. The monoisotopic (exact) mass is 323 g/mol. The average molecular weight is 323 g/mol. The Kier molecular flexibility index (Phi) is 5.11. The molecule has 1 fully saturated rings. The summed E-state index contributed by atoms with van der Waals surface area (Å²) in [6.45, 7) is 9.64. The number of rotatable bonds is 5. The van der Waals surface area contributed by atoms with Gasteiger partial charge >= 0.3 is 13.1 Å². The van der Waals surface area contributed by atoms with Crippen LogP contribution in [0.15, 0.2) is 18.3 Å². The van der Waals surface area contributed by atoms with Crippen molar-refractivity contribution in [3.63, 3.8) is 0 Å². The van der Waals surface area contributed by atoms with Crippen molar-refractivity contribution in [3.05, 3.63) is 29.8 Å². The maximum absolute atomic E-state index is 14.1. The van der Waals surface area contributed by atoms with E-state index in [0.717, 1.165) is 0 Å². The largest absolute Gasteiger partial charge is 0.466 e. The Morgan fingerprint density at radius 3 is 2.48 bits per heavy atom. The lowest BCUT2D eigenvalue weighted by Crippen LogP contribution is -2.41. The fourth-order valence-electron chi connectivity index (χ4n) is 2.48. The van der Waals surface area contributed by atoms with Gasteiger partial charge in [0.15, 0.2) is 0 Å². The quantitative estimate of drug-likeness (QED) is 0.474. The Balaban J connectivity index is 2.32. The van der Waals surface area contributed by atoms with E-state index in [1.807, 2.05) is 27.7 Å². The van der Waals surface area contributed by atoms with Gasteiger partial charge in [0.05, 0.1) is 24.2 Å². The van der Waals surface area contributed by atoms with Crippen LogP contribution < -0.4 is 0 Å². The van der Waals surface area contributed by atoms with Gasteiger partial charge in [0.25, 0.3) is 0 Å². The summed E-state index contributed by atoms with van der Waals surface area (Å²) in [7, 11) is -0.747. The number of hydrogen-bond acceptors (Lipinski definition) is 5. The van der Waals surface area contributed by atoms with Crippen molar-refractivity contribution >= 4 is 13.1 Å². The molecule has 2 heterocycles. The zero-order chi connectivity index (χ0) is 17.3. The number of hydrogen-bond donors (Lipinski definition) is 0. The van der Waals surface area contributed by atoms with Gasteiger partial charge < -0.3 is 14.0 Å². The molecule has 1 atom stereocenters. The van der Waals surface area contributed by atoms with Crippen LogP contribution in [0.5, 0.6) is 0 Å². The van der Waals surface area contributed by atoms with Crippen molar-refractivity contribution in [2.45, 2.75) is 58.1 Å². The number of carbonyl (C=O) groups excluding carboxylic acids is 1. The molecular weight excluding hydrogens is 300 g/mol. The molecule has 23 heavy (non-hydrogen) atoms. The second-order valence-electron chi connectivity index (χ2n) is 6.62. The van der Waals surface area contributed by atoms with Gasteiger partial charge in [-0.25, -0.2) is 4.98 Å². The van der Waals surface area contributed by atoms with E-state index in [9.17, 15) is 9.18 Å². The fraction of sp³-hybridized carbons (Fsp3) is 0.625. The van der Waals surface area contributed by atoms with Crippen LogP contribution in [0.2, 0.25) is 0 Å². The van der Waals surface area contributed by atoms with E-state index in [2.05, 4.69) is 4.98 Å². The van der Waals surface area contributed by atoms with Crippen molar-refractivity contribution in [2.24, 2.45) is 0 Å². The van der Waals surface area contributed by atoms with Crippen LogP contribution in [-0.2, 0) is 18.8 Å². The first-order valence-corrected chi connectivity index (χ1v) is 7.79. The van der Waals surface area contributed by atoms with E-state index < -0.39 is 36.1 Å². The molecule has 5 nitrogen and oxygen atoms in total. The van der Waals surface area contributed by atoms with E-state index in [1.165, 1.54) is 6.20 Å². The van der Waals surface area contributed by atoms with Crippen LogP contribution in [0.4, 0.5) is 4.39 Å². The smallest absolute Gasteiger partial charge is 0.466 e. The summed E-state index contributed by atoms with van der Waals surface area (Å²) in [4.78, 5) is 15.6. The molecule has 0 spiro atoms. The van der Waals surface area contributed by atoms with Crippen molar-refractivity contribution in [3.8, 4) is 0 Å². The van der Waals surface area contributed by atoms with E-state index >= 15 is 0 Å². The summed E-state index contributed by atoms with van der Waals surface area (Å²) in [5.74, 6) is -1.67. The molecule has 1 aliphatic heterocycles. The Morgan fingerprint density at radius 2 is 1.96 bits per heavy atom. The summed E-state index contributed by atoms with van der Waals surface area (Å²) in [5, 5.41) is 0. The van der Waals surface area contributed by atoms with Gasteiger partial charge in [0.2, 0.25) is 5.95 Å². The Hall–Kier alpha value is -1.47. The number of aromatic nitrogens is 1. The first-order valence-electron chi connectivity index (χ1n) is 7.79. The topological polar surface area (TPSA) is 57.7 Å². The Labute approximate surface area is 136 Å². The van der Waals surface area contributed by atoms with Crippen molar-refractivity contribution < 1.29 is 23.2 Å². The molecule has 1 unspecified atom stereocenters. The highest BCUT2D eigenvalue weighted by Crippen LogP contribution is 2.42. The average Bonchev–Trinajstić information content (AvgIpc) is 2.66. The highest BCUT2D eigenvalue weighted by atomic mass is 19.1. The minimum Gasteiger partial charge on any atom is -0.466 e. The molecule has 0 N–H and O–H groups in total. The number of carbonyl (C=O) groups is 1. The Morgan fingerprint density at radius 1 is 1.35 bits per heavy atom. The van der Waals surface area contributed by atoms with E-state index in [1.54, 1.807) is 19.1 Å². The number of pyridine rings is 1. The number of ether oxygens (including phenoxy) is 1. The molecule has 0 saturated carbocycles. The van der Waals surface area contributed by atoms with Gasteiger partial charge in [-0.2, -0.15) is 4.39 Å². The van der Waals surface area contributed by atoms with Gasteiger partial charge in [-0.1, -0.05) is 6.07 Å². The number of nitrogens with zero attached hydrogens (tertiary/aromatic N) is 1. The molecule has 1 aromatic rings. The summed E-state index contributed by atoms with van der Waals surface area (Å²) < 4.78 is 31.1. The van der Waals surface area contributed by atoms with Crippen molar-refractivity contribution in [1.82, 2.24) is 4.98 Å².